The summed E-state index contributed by atoms with van der Waals surface area (Å²) in [6, 6.07) is 48.4. The van der Waals surface area contributed by atoms with Crippen LogP contribution in [0.5, 0.6) is 11.5 Å². The Morgan fingerprint density at radius 3 is 2.22 bits per heavy atom. The number of ether oxygens (including phenoxy) is 1. The summed E-state index contributed by atoms with van der Waals surface area (Å²) < 4.78 is 11.2. The fraction of sp³-hybridized carbons (Fsp3) is 0.0244. The average molecular weight is 593 g/mol. The Balaban J connectivity index is 1.30. The maximum Gasteiger partial charge on any atom is 0.137 e. The van der Waals surface area contributed by atoms with Gasteiger partial charge in [-0.05, 0) is 85.3 Å². The molecule has 5 heteroatoms. The first-order valence-electron chi connectivity index (χ1n) is 15.4. The number of pyridine rings is 2. The topological polar surface area (TPSA) is 44.9 Å². The van der Waals surface area contributed by atoms with Gasteiger partial charge in [0.25, 0.3) is 0 Å². The number of benzene rings is 5. The number of rotatable bonds is 5. The molecule has 0 bridgehead atoms. The highest BCUT2D eigenvalue weighted by molar-refractivity contribution is 6.26. The third kappa shape index (κ3) is 4.17. The molecule has 46 heavy (non-hydrogen) atoms. The van der Waals surface area contributed by atoms with Crippen LogP contribution in [-0.4, -0.2) is 19.1 Å². The summed E-state index contributed by atoms with van der Waals surface area (Å²) in [5.41, 5.74) is 8.71. The second-order valence-electron chi connectivity index (χ2n) is 11.6. The van der Waals surface area contributed by atoms with Crippen LogP contribution in [0.4, 0.5) is 0 Å². The lowest BCUT2D eigenvalue weighted by atomic mass is 10.1. The Labute approximate surface area is 265 Å². The van der Waals surface area contributed by atoms with Crippen molar-refractivity contribution in [3.63, 3.8) is 0 Å². The lowest BCUT2D eigenvalue weighted by molar-refractivity contribution is 0.483. The molecule has 5 aromatic carbocycles. The summed E-state index contributed by atoms with van der Waals surface area (Å²) in [5, 5.41) is 4.76. The van der Waals surface area contributed by atoms with Crippen LogP contribution in [0.3, 0.4) is 0 Å². The standard InChI is InChI=1S/C41H28N4O/c1-27-21-23-42-35(24-27)28-10-9-13-30(25-28)46-31-17-18-34-38(26-31)45(39-16-7-8-22-43-39)37-20-19-33-32-14-5-6-15-36(32)44(41(33)40(34)37)29-11-3-2-4-12-29/h2-26H,1H3. The van der Waals surface area contributed by atoms with Gasteiger partial charge < -0.3 is 9.30 Å². The number of hydrogen-bond donors (Lipinski definition) is 0. The van der Waals surface area contributed by atoms with Crippen molar-refractivity contribution >= 4 is 43.6 Å². The number of aryl methyl sites for hydroxylation is 1. The van der Waals surface area contributed by atoms with Gasteiger partial charge >= 0.3 is 0 Å². The summed E-state index contributed by atoms with van der Waals surface area (Å²) in [6.07, 6.45) is 3.69. The second kappa shape index (κ2) is 10.5. The van der Waals surface area contributed by atoms with Crippen LogP contribution < -0.4 is 4.74 Å². The summed E-state index contributed by atoms with van der Waals surface area (Å²) >= 11 is 0. The number of fused-ring (bicyclic) bond motifs is 7. The Morgan fingerprint density at radius 1 is 0.522 bits per heavy atom. The lowest BCUT2D eigenvalue weighted by Crippen LogP contribution is -1.97. The molecule has 0 atom stereocenters. The van der Waals surface area contributed by atoms with Gasteiger partial charge in [0.05, 0.1) is 27.8 Å². The van der Waals surface area contributed by atoms with Crippen molar-refractivity contribution in [3.05, 3.63) is 157 Å². The molecule has 4 aromatic heterocycles. The van der Waals surface area contributed by atoms with Gasteiger partial charge in [-0.25, -0.2) is 4.98 Å². The predicted octanol–water partition coefficient (Wildman–Crippen LogP) is 10.4. The molecule has 0 radical (unpaired) electrons. The van der Waals surface area contributed by atoms with Gasteiger partial charge in [-0.3, -0.25) is 9.55 Å². The Morgan fingerprint density at radius 2 is 1.35 bits per heavy atom. The molecule has 4 heterocycles. The van der Waals surface area contributed by atoms with Crippen LogP contribution in [0.25, 0.3) is 66.4 Å². The van der Waals surface area contributed by atoms with Gasteiger partial charge in [0, 0.05) is 51.3 Å². The molecule has 5 nitrogen and oxygen atoms in total. The van der Waals surface area contributed by atoms with Gasteiger partial charge in [0.2, 0.25) is 0 Å². The van der Waals surface area contributed by atoms with Crippen molar-refractivity contribution in [2.24, 2.45) is 0 Å². The predicted molar refractivity (Wildman–Crippen MR) is 187 cm³/mol. The van der Waals surface area contributed by atoms with E-state index in [1.165, 1.54) is 32.8 Å². The minimum atomic E-state index is 0.752. The first-order chi connectivity index (χ1) is 22.7. The van der Waals surface area contributed by atoms with Crippen LogP contribution in [0, 0.1) is 6.92 Å². The van der Waals surface area contributed by atoms with Gasteiger partial charge in [0.15, 0.2) is 0 Å². The molecule has 0 aliphatic rings. The van der Waals surface area contributed by atoms with E-state index < -0.39 is 0 Å². The van der Waals surface area contributed by atoms with E-state index in [4.69, 9.17) is 9.72 Å². The highest BCUT2D eigenvalue weighted by Gasteiger charge is 2.21. The summed E-state index contributed by atoms with van der Waals surface area (Å²) in [7, 11) is 0. The molecule has 9 rings (SSSR count). The van der Waals surface area contributed by atoms with E-state index in [9.17, 15) is 0 Å². The van der Waals surface area contributed by atoms with E-state index in [1.54, 1.807) is 0 Å². The quantitative estimate of drug-likeness (QED) is 0.200. The molecule has 0 saturated carbocycles. The summed E-state index contributed by atoms with van der Waals surface area (Å²) in [4.78, 5) is 9.37. The molecule has 0 aliphatic carbocycles. The molecule has 0 saturated heterocycles. The zero-order chi connectivity index (χ0) is 30.6. The van der Waals surface area contributed by atoms with Crippen LogP contribution in [-0.2, 0) is 0 Å². The molecule has 9 aromatic rings. The summed E-state index contributed by atoms with van der Waals surface area (Å²) in [6.45, 7) is 2.08. The second-order valence-corrected chi connectivity index (χ2v) is 11.6. The largest absolute Gasteiger partial charge is 0.457 e. The minimum absolute atomic E-state index is 0.752. The molecule has 0 unspecified atom stereocenters. The Bertz CT molecular complexity index is 2560. The summed E-state index contributed by atoms with van der Waals surface area (Å²) in [5.74, 6) is 2.36. The van der Waals surface area contributed by atoms with E-state index in [1.807, 2.05) is 48.8 Å². The van der Waals surface area contributed by atoms with Crippen molar-refractivity contribution in [2.75, 3.05) is 0 Å². The van der Waals surface area contributed by atoms with Crippen molar-refractivity contribution in [2.45, 2.75) is 6.92 Å². The third-order valence-corrected chi connectivity index (χ3v) is 8.71. The molecular weight excluding hydrogens is 564 g/mol. The molecule has 0 N–H and O–H groups in total. The van der Waals surface area contributed by atoms with E-state index in [0.29, 0.717) is 0 Å². The lowest BCUT2D eigenvalue weighted by Gasteiger charge is -2.10. The normalized spacial score (nSPS) is 11.6. The Hall–Kier alpha value is -6.20. The third-order valence-electron chi connectivity index (χ3n) is 8.71. The number of para-hydroxylation sites is 2. The molecule has 0 spiro atoms. The average Bonchev–Trinajstić information content (AvgIpc) is 3.62. The van der Waals surface area contributed by atoms with Crippen LogP contribution in [0.2, 0.25) is 0 Å². The smallest absolute Gasteiger partial charge is 0.137 e. The van der Waals surface area contributed by atoms with Crippen LogP contribution in [0.1, 0.15) is 5.56 Å². The van der Waals surface area contributed by atoms with Crippen LogP contribution >= 0.6 is 0 Å². The highest BCUT2D eigenvalue weighted by atomic mass is 16.5. The number of aromatic nitrogens is 4. The van der Waals surface area contributed by atoms with Gasteiger partial charge in [-0.2, -0.15) is 0 Å². The van der Waals surface area contributed by atoms with E-state index in [-0.39, 0.29) is 0 Å². The van der Waals surface area contributed by atoms with Crippen molar-refractivity contribution < 1.29 is 4.74 Å². The highest BCUT2D eigenvalue weighted by Crippen LogP contribution is 2.42. The maximum absolute atomic E-state index is 6.53. The van der Waals surface area contributed by atoms with Crippen LogP contribution in [0.15, 0.2) is 152 Å². The fourth-order valence-corrected chi connectivity index (χ4v) is 6.73. The zero-order valence-electron chi connectivity index (χ0n) is 25.1. The SMILES string of the molecule is Cc1ccnc(-c2cccc(Oc3ccc4c5c(ccc6c7ccccc7n(-c7ccccc7)c65)n(-c5ccccn5)c4c3)c2)c1. The minimum Gasteiger partial charge on any atom is -0.457 e. The molecule has 218 valence electrons. The molecule has 0 aliphatic heterocycles. The first kappa shape index (κ1) is 26.2. The van der Waals surface area contributed by atoms with E-state index >= 15 is 0 Å². The van der Waals surface area contributed by atoms with Crippen molar-refractivity contribution in [1.82, 2.24) is 19.1 Å². The Kier molecular flexibility index (Phi) is 5.96. The fourth-order valence-electron chi connectivity index (χ4n) is 6.73. The molecule has 0 amide bonds. The van der Waals surface area contributed by atoms with Crippen molar-refractivity contribution in [3.8, 4) is 34.3 Å². The maximum atomic E-state index is 6.53. The van der Waals surface area contributed by atoms with Gasteiger partial charge in [-0.15, -0.1) is 0 Å². The molecular formula is C41H28N4O. The zero-order valence-corrected chi connectivity index (χ0v) is 25.1. The monoisotopic (exact) mass is 592 g/mol. The van der Waals surface area contributed by atoms with Gasteiger partial charge in [0.1, 0.15) is 17.3 Å². The first-order valence-corrected chi connectivity index (χ1v) is 15.4. The molecule has 0 fully saturated rings. The number of nitrogens with zero attached hydrogens (tertiary/aromatic N) is 4. The van der Waals surface area contributed by atoms with E-state index in [0.717, 1.165) is 50.7 Å². The van der Waals surface area contributed by atoms with E-state index in [2.05, 4.69) is 124 Å². The number of hydrogen-bond acceptors (Lipinski definition) is 3. The van der Waals surface area contributed by atoms with Gasteiger partial charge in [-0.1, -0.05) is 60.7 Å². The van der Waals surface area contributed by atoms with Crippen molar-refractivity contribution in [1.29, 1.82) is 0 Å².